The van der Waals surface area contributed by atoms with Crippen molar-refractivity contribution in [2.75, 3.05) is 6.61 Å². The van der Waals surface area contributed by atoms with Crippen LogP contribution in [0.4, 0.5) is 0 Å². The first kappa shape index (κ1) is 11.2. The Kier molecular flexibility index (Phi) is 4.11. The van der Waals surface area contributed by atoms with Crippen molar-refractivity contribution in [2.45, 2.75) is 39.5 Å². The quantitative estimate of drug-likeness (QED) is 0.501. The van der Waals surface area contributed by atoms with Crippen LogP contribution in [-0.4, -0.2) is 18.4 Å². The molecule has 1 atom stereocenters. The summed E-state index contributed by atoms with van der Waals surface area (Å²) < 4.78 is 4.88. The molecule has 1 unspecified atom stereocenters. The zero-order valence-corrected chi connectivity index (χ0v) is 8.91. The third kappa shape index (κ3) is 2.82. The number of carbonyl (C=O) groups excluding carboxylic acids is 2. The standard InChI is InChI=1S/C11H18O3/c1-3-14-11(13)10(8(2)12)7-9-5-4-6-9/h9-10H,3-7H2,1-2H3. The number of carbonyl (C=O) groups is 2. The number of Topliss-reactive ketones (excluding diaryl/α,β-unsaturated/α-hetero) is 1. The molecule has 1 rings (SSSR count). The van der Waals surface area contributed by atoms with Gasteiger partial charge in [-0.3, -0.25) is 9.59 Å². The van der Waals surface area contributed by atoms with Crippen molar-refractivity contribution < 1.29 is 14.3 Å². The second-order valence-electron chi connectivity index (χ2n) is 3.95. The number of hydrogen-bond donors (Lipinski definition) is 0. The Morgan fingerprint density at radius 1 is 1.43 bits per heavy atom. The fourth-order valence-corrected chi connectivity index (χ4v) is 1.73. The van der Waals surface area contributed by atoms with Gasteiger partial charge in [0.15, 0.2) is 0 Å². The molecule has 0 aromatic heterocycles. The van der Waals surface area contributed by atoms with E-state index < -0.39 is 5.92 Å². The minimum absolute atomic E-state index is 0.0599. The van der Waals surface area contributed by atoms with Gasteiger partial charge in [-0.15, -0.1) is 0 Å². The maximum atomic E-state index is 11.4. The summed E-state index contributed by atoms with van der Waals surface area (Å²) in [6.07, 6.45) is 4.23. The van der Waals surface area contributed by atoms with Gasteiger partial charge in [0.2, 0.25) is 0 Å². The third-order valence-corrected chi connectivity index (χ3v) is 2.86. The molecule has 1 saturated carbocycles. The Balaban J connectivity index is 2.44. The molecule has 0 spiro atoms. The van der Waals surface area contributed by atoms with Crippen LogP contribution < -0.4 is 0 Å². The van der Waals surface area contributed by atoms with Crippen LogP contribution in [0.1, 0.15) is 39.5 Å². The van der Waals surface area contributed by atoms with Gasteiger partial charge in [0.25, 0.3) is 0 Å². The first-order valence-corrected chi connectivity index (χ1v) is 5.32. The smallest absolute Gasteiger partial charge is 0.316 e. The van der Waals surface area contributed by atoms with E-state index >= 15 is 0 Å². The van der Waals surface area contributed by atoms with Gasteiger partial charge in [0, 0.05) is 0 Å². The summed E-state index contributed by atoms with van der Waals surface area (Å²) in [4.78, 5) is 22.7. The number of rotatable bonds is 5. The fourth-order valence-electron chi connectivity index (χ4n) is 1.73. The molecule has 14 heavy (non-hydrogen) atoms. The fraction of sp³-hybridized carbons (Fsp3) is 0.818. The predicted octanol–water partition coefficient (Wildman–Crippen LogP) is 1.94. The molecule has 3 nitrogen and oxygen atoms in total. The Hall–Kier alpha value is -0.860. The minimum Gasteiger partial charge on any atom is -0.465 e. The molecule has 0 aromatic rings. The zero-order valence-electron chi connectivity index (χ0n) is 8.91. The van der Waals surface area contributed by atoms with Crippen LogP contribution in [0.15, 0.2) is 0 Å². The van der Waals surface area contributed by atoms with E-state index in [0.717, 1.165) is 12.8 Å². The lowest BCUT2D eigenvalue weighted by atomic mass is 9.78. The number of esters is 1. The average molecular weight is 198 g/mol. The van der Waals surface area contributed by atoms with E-state index in [2.05, 4.69) is 0 Å². The lowest BCUT2D eigenvalue weighted by Gasteiger charge is -2.27. The van der Waals surface area contributed by atoms with Crippen LogP contribution in [-0.2, 0) is 14.3 Å². The molecule has 0 N–H and O–H groups in total. The third-order valence-electron chi connectivity index (χ3n) is 2.86. The van der Waals surface area contributed by atoms with Crippen molar-refractivity contribution in [1.82, 2.24) is 0 Å². The van der Waals surface area contributed by atoms with E-state index in [1.165, 1.54) is 13.3 Å². The molecule has 0 aliphatic heterocycles. The molecular formula is C11H18O3. The molecule has 0 saturated heterocycles. The van der Waals surface area contributed by atoms with Crippen LogP contribution in [0, 0.1) is 11.8 Å². The van der Waals surface area contributed by atoms with E-state index in [9.17, 15) is 9.59 Å². The Bertz CT molecular complexity index is 219. The highest BCUT2D eigenvalue weighted by molar-refractivity contribution is 5.97. The van der Waals surface area contributed by atoms with Crippen molar-refractivity contribution >= 4 is 11.8 Å². The number of hydrogen-bond acceptors (Lipinski definition) is 3. The monoisotopic (exact) mass is 198 g/mol. The molecular weight excluding hydrogens is 180 g/mol. The lowest BCUT2D eigenvalue weighted by molar-refractivity contribution is -0.152. The first-order chi connectivity index (χ1) is 6.65. The normalized spacial score (nSPS) is 18.4. The highest BCUT2D eigenvalue weighted by atomic mass is 16.5. The van der Waals surface area contributed by atoms with Gasteiger partial charge in [-0.05, 0) is 26.2 Å². The van der Waals surface area contributed by atoms with Crippen molar-refractivity contribution in [3.63, 3.8) is 0 Å². The maximum absolute atomic E-state index is 11.4. The second-order valence-corrected chi connectivity index (χ2v) is 3.95. The first-order valence-electron chi connectivity index (χ1n) is 5.32. The summed E-state index contributed by atoms with van der Waals surface area (Å²) in [6.45, 7) is 3.59. The SMILES string of the molecule is CCOC(=O)C(CC1CCC1)C(C)=O. The zero-order chi connectivity index (χ0) is 10.6. The van der Waals surface area contributed by atoms with Gasteiger partial charge in [0.05, 0.1) is 6.61 Å². The highest BCUT2D eigenvalue weighted by Gasteiger charge is 2.30. The predicted molar refractivity (Wildman–Crippen MR) is 52.8 cm³/mol. The second kappa shape index (κ2) is 5.13. The average Bonchev–Trinajstić information content (AvgIpc) is 2.01. The molecule has 0 radical (unpaired) electrons. The molecule has 0 aromatic carbocycles. The van der Waals surface area contributed by atoms with Crippen molar-refractivity contribution in [2.24, 2.45) is 11.8 Å². The van der Waals surface area contributed by atoms with Gasteiger partial charge in [-0.25, -0.2) is 0 Å². The van der Waals surface area contributed by atoms with E-state index in [1.54, 1.807) is 6.92 Å². The Morgan fingerprint density at radius 3 is 2.43 bits per heavy atom. The summed E-state index contributed by atoms with van der Waals surface area (Å²) in [5.74, 6) is -0.351. The summed E-state index contributed by atoms with van der Waals surface area (Å²) in [7, 11) is 0. The Morgan fingerprint density at radius 2 is 2.07 bits per heavy atom. The topological polar surface area (TPSA) is 43.4 Å². The summed E-state index contributed by atoms with van der Waals surface area (Å²) in [6, 6.07) is 0. The van der Waals surface area contributed by atoms with Crippen LogP contribution in [0.3, 0.4) is 0 Å². The van der Waals surface area contributed by atoms with Gasteiger partial charge in [-0.1, -0.05) is 19.3 Å². The molecule has 0 heterocycles. The Labute approximate surface area is 84.8 Å². The minimum atomic E-state index is -0.514. The van der Waals surface area contributed by atoms with E-state index in [4.69, 9.17) is 4.74 Å². The highest BCUT2D eigenvalue weighted by Crippen LogP contribution is 2.32. The van der Waals surface area contributed by atoms with E-state index in [0.29, 0.717) is 18.9 Å². The molecule has 0 bridgehead atoms. The molecule has 80 valence electrons. The van der Waals surface area contributed by atoms with Crippen LogP contribution in [0.5, 0.6) is 0 Å². The van der Waals surface area contributed by atoms with Crippen molar-refractivity contribution in [1.29, 1.82) is 0 Å². The van der Waals surface area contributed by atoms with Crippen LogP contribution >= 0.6 is 0 Å². The number of ketones is 1. The molecule has 0 amide bonds. The van der Waals surface area contributed by atoms with Crippen molar-refractivity contribution in [3.05, 3.63) is 0 Å². The summed E-state index contributed by atoms with van der Waals surface area (Å²) in [5, 5.41) is 0. The summed E-state index contributed by atoms with van der Waals surface area (Å²) >= 11 is 0. The van der Waals surface area contributed by atoms with Gasteiger partial charge in [0.1, 0.15) is 11.7 Å². The van der Waals surface area contributed by atoms with E-state index in [-0.39, 0.29) is 11.8 Å². The molecule has 1 aliphatic carbocycles. The van der Waals surface area contributed by atoms with Crippen LogP contribution in [0.2, 0.25) is 0 Å². The summed E-state index contributed by atoms with van der Waals surface area (Å²) in [5.41, 5.74) is 0. The maximum Gasteiger partial charge on any atom is 0.316 e. The lowest BCUT2D eigenvalue weighted by Crippen LogP contribution is -2.28. The van der Waals surface area contributed by atoms with Gasteiger partial charge >= 0.3 is 5.97 Å². The molecule has 3 heteroatoms. The van der Waals surface area contributed by atoms with Crippen molar-refractivity contribution in [3.8, 4) is 0 Å². The number of ether oxygens (including phenoxy) is 1. The molecule has 1 fully saturated rings. The van der Waals surface area contributed by atoms with Crippen LogP contribution in [0.25, 0.3) is 0 Å². The molecule has 1 aliphatic rings. The van der Waals surface area contributed by atoms with Gasteiger partial charge < -0.3 is 4.74 Å². The van der Waals surface area contributed by atoms with E-state index in [1.807, 2.05) is 0 Å². The van der Waals surface area contributed by atoms with Gasteiger partial charge in [-0.2, -0.15) is 0 Å². The largest absolute Gasteiger partial charge is 0.465 e.